The molecule has 1 aliphatic rings. The average molecular weight is 351 g/mol. The van der Waals surface area contributed by atoms with E-state index in [1.807, 2.05) is 24.4 Å². The lowest BCUT2D eigenvalue weighted by atomic mass is 9.98. The molecule has 2 aromatic rings. The van der Waals surface area contributed by atoms with Gasteiger partial charge in [0.25, 0.3) is 0 Å². The molecular formula is C21H29N5. The van der Waals surface area contributed by atoms with Gasteiger partial charge in [0.1, 0.15) is 0 Å². The number of nitrogens with zero attached hydrogens (tertiary/aromatic N) is 3. The molecule has 5 heteroatoms. The van der Waals surface area contributed by atoms with E-state index in [9.17, 15) is 0 Å². The standard InChI is InChI=1S/C21H29N5/c1-2-20(26-14-11-17-7-3-4-8-18(17)16-26)15-25-21(22)24-13-10-19-9-5-6-12-23-19/h3-9,12,20H,2,10-11,13-16H2,1H3,(H3,22,24,25). The van der Waals surface area contributed by atoms with Crippen molar-refractivity contribution in [1.29, 1.82) is 0 Å². The van der Waals surface area contributed by atoms with Gasteiger partial charge in [-0.3, -0.25) is 14.9 Å². The van der Waals surface area contributed by atoms with E-state index in [4.69, 9.17) is 5.73 Å². The van der Waals surface area contributed by atoms with Gasteiger partial charge >= 0.3 is 0 Å². The lowest BCUT2D eigenvalue weighted by Gasteiger charge is -2.34. The Bertz CT molecular complexity index is 713. The number of hydrogen-bond donors (Lipinski definition) is 2. The Morgan fingerprint density at radius 2 is 2.04 bits per heavy atom. The smallest absolute Gasteiger partial charge is 0.188 e. The van der Waals surface area contributed by atoms with Crippen LogP contribution >= 0.6 is 0 Å². The Labute approximate surface area is 156 Å². The fraction of sp³-hybridized carbons (Fsp3) is 0.429. The van der Waals surface area contributed by atoms with E-state index >= 15 is 0 Å². The summed E-state index contributed by atoms with van der Waals surface area (Å²) in [7, 11) is 0. The van der Waals surface area contributed by atoms with Crippen LogP contribution < -0.4 is 11.1 Å². The molecule has 0 saturated carbocycles. The Hall–Kier alpha value is -2.40. The van der Waals surface area contributed by atoms with Crippen LogP contribution in [0.5, 0.6) is 0 Å². The van der Waals surface area contributed by atoms with Gasteiger partial charge in [-0.15, -0.1) is 0 Å². The van der Waals surface area contributed by atoms with Crippen LogP contribution in [0.2, 0.25) is 0 Å². The predicted octanol–water partition coefficient (Wildman–Crippen LogP) is 2.37. The SMILES string of the molecule is CCC(CN=C(N)NCCc1ccccn1)N1CCc2ccccc2C1. The number of guanidine groups is 1. The van der Waals surface area contributed by atoms with Crippen molar-refractivity contribution in [2.75, 3.05) is 19.6 Å². The van der Waals surface area contributed by atoms with Crippen LogP contribution in [0, 0.1) is 0 Å². The zero-order valence-corrected chi connectivity index (χ0v) is 15.6. The topological polar surface area (TPSA) is 66.5 Å². The first-order valence-corrected chi connectivity index (χ1v) is 9.50. The number of pyridine rings is 1. The number of rotatable bonds is 7. The number of nitrogens with one attached hydrogen (secondary N) is 1. The van der Waals surface area contributed by atoms with E-state index in [0.717, 1.165) is 51.1 Å². The minimum atomic E-state index is 0.430. The molecule has 0 spiro atoms. The zero-order chi connectivity index (χ0) is 18.2. The summed E-state index contributed by atoms with van der Waals surface area (Å²) in [5.41, 5.74) is 10.0. The molecular weight excluding hydrogens is 322 g/mol. The van der Waals surface area contributed by atoms with Crippen molar-refractivity contribution in [2.24, 2.45) is 10.7 Å². The maximum absolute atomic E-state index is 6.05. The molecule has 5 nitrogen and oxygen atoms in total. The van der Waals surface area contributed by atoms with Crippen molar-refractivity contribution in [3.8, 4) is 0 Å². The highest BCUT2D eigenvalue weighted by molar-refractivity contribution is 5.77. The molecule has 3 N–H and O–H groups in total. The van der Waals surface area contributed by atoms with Crippen molar-refractivity contribution in [3.05, 3.63) is 65.5 Å². The van der Waals surface area contributed by atoms with Crippen LogP contribution in [0.25, 0.3) is 0 Å². The largest absolute Gasteiger partial charge is 0.370 e. The second-order valence-corrected chi connectivity index (χ2v) is 6.78. The van der Waals surface area contributed by atoms with Crippen molar-refractivity contribution < 1.29 is 0 Å². The minimum Gasteiger partial charge on any atom is -0.370 e. The third-order valence-electron chi connectivity index (χ3n) is 5.03. The highest BCUT2D eigenvalue weighted by Crippen LogP contribution is 2.21. The lowest BCUT2D eigenvalue weighted by Crippen LogP contribution is -2.42. The fourth-order valence-corrected chi connectivity index (χ4v) is 3.46. The van der Waals surface area contributed by atoms with Gasteiger partial charge in [0.15, 0.2) is 5.96 Å². The Balaban J connectivity index is 1.48. The van der Waals surface area contributed by atoms with Gasteiger partial charge in [0.2, 0.25) is 0 Å². The molecule has 2 heterocycles. The van der Waals surface area contributed by atoms with E-state index in [-0.39, 0.29) is 0 Å². The molecule has 0 saturated heterocycles. The summed E-state index contributed by atoms with van der Waals surface area (Å²) >= 11 is 0. The fourth-order valence-electron chi connectivity index (χ4n) is 3.46. The first kappa shape index (κ1) is 18.4. The molecule has 0 aliphatic carbocycles. The van der Waals surface area contributed by atoms with Crippen molar-refractivity contribution in [3.63, 3.8) is 0 Å². The van der Waals surface area contributed by atoms with Crippen LogP contribution in [0.15, 0.2) is 53.7 Å². The monoisotopic (exact) mass is 351 g/mol. The molecule has 1 unspecified atom stereocenters. The molecule has 3 rings (SSSR count). The third-order valence-corrected chi connectivity index (χ3v) is 5.03. The second-order valence-electron chi connectivity index (χ2n) is 6.78. The van der Waals surface area contributed by atoms with Crippen LogP contribution in [-0.4, -0.2) is 41.5 Å². The van der Waals surface area contributed by atoms with Crippen molar-refractivity contribution in [2.45, 2.75) is 38.8 Å². The van der Waals surface area contributed by atoms with Crippen LogP contribution in [-0.2, 0) is 19.4 Å². The van der Waals surface area contributed by atoms with Gasteiger partial charge in [-0.2, -0.15) is 0 Å². The number of hydrogen-bond acceptors (Lipinski definition) is 3. The van der Waals surface area contributed by atoms with Gasteiger partial charge in [-0.05, 0) is 36.1 Å². The summed E-state index contributed by atoms with van der Waals surface area (Å²) in [4.78, 5) is 11.4. The number of aliphatic imine (C=N–C) groups is 1. The molecule has 1 atom stereocenters. The summed E-state index contributed by atoms with van der Waals surface area (Å²) in [5.74, 6) is 0.525. The predicted molar refractivity (Wildman–Crippen MR) is 107 cm³/mol. The summed E-state index contributed by atoms with van der Waals surface area (Å²) in [6.45, 7) is 5.82. The third kappa shape index (κ3) is 5.05. The summed E-state index contributed by atoms with van der Waals surface area (Å²) in [6.07, 6.45) is 4.85. The number of fused-ring (bicyclic) bond motifs is 1. The minimum absolute atomic E-state index is 0.430. The molecule has 1 aliphatic heterocycles. The van der Waals surface area contributed by atoms with Gasteiger partial charge in [-0.25, -0.2) is 0 Å². The molecule has 0 amide bonds. The Kier molecular flexibility index (Phi) is 6.61. The van der Waals surface area contributed by atoms with Crippen molar-refractivity contribution in [1.82, 2.24) is 15.2 Å². The first-order chi connectivity index (χ1) is 12.8. The van der Waals surface area contributed by atoms with Gasteiger partial charge in [0, 0.05) is 44.0 Å². The van der Waals surface area contributed by atoms with Crippen molar-refractivity contribution >= 4 is 5.96 Å². The summed E-state index contributed by atoms with van der Waals surface area (Å²) < 4.78 is 0. The molecule has 1 aromatic carbocycles. The molecule has 0 bridgehead atoms. The normalized spacial score (nSPS) is 16.1. The quantitative estimate of drug-likeness (QED) is 0.594. The maximum Gasteiger partial charge on any atom is 0.188 e. The summed E-state index contributed by atoms with van der Waals surface area (Å²) in [5, 5.41) is 3.20. The Morgan fingerprint density at radius 1 is 1.23 bits per heavy atom. The van der Waals surface area contributed by atoms with E-state index < -0.39 is 0 Å². The molecule has 0 fully saturated rings. The van der Waals surface area contributed by atoms with E-state index in [1.54, 1.807) is 0 Å². The van der Waals surface area contributed by atoms with E-state index in [1.165, 1.54) is 11.1 Å². The molecule has 0 radical (unpaired) electrons. The highest BCUT2D eigenvalue weighted by Gasteiger charge is 2.21. The van der Waals surface area contributed by atoms with Gasteiger partial charge in [0.05, 0.1) is 6.54 Å². The number of nitrogens with two attached hydrogens (primary N) is 1. The van der Waals surface area contributed by atoms with Gasteiger partial charge < -0.3 is 11.1 Å². The lowest BCUT2D eigenvalue weighted by molar-refractivity contribution is 0.178. The first-order valence-electron chi connectivity index (χ1n) is 9.50. The maximum atomic E-state index is 6.05. The van der Waals surface area contributed by atoms with E-state index in [2.05, 4.69) is 51.4 Å². The molecule has 1 aromatic heterocycles. The average Bonchev–Trinajstić information content (AvgIpc) is 2.69. The Morgan fingerprint density at radius 3 is 2.81 bits per heavy atom. The summed E-state index contributed by atoms with van der Waals surface area (Å²) in [6, 6.07) is 15.1. The van der Waals surface area contributed by atoms with Crippen LogP contribution in [0.4, 0.5) is 0 Å². The van der Waals surface area contributed by atoms with Crippen LogP contribution in [0.3, 0.4) is 0 Å². The zero-order valence-electron chi connectivity index (χ0n) is 15.6. The highest BCUT2D eigenvalue weighted by atomic mass is 15.2. The molecule has 138 valence electrons. The molecule has 26 heavy (non-hydrogen) atoms. The van der Waals surface area contributed by atoms with Gasteiger partial charge in [-0.1, -0.05) is 37.3 Å². The number of aromatic nitrogens is 1. The second kappa shape index (κ2) is 9.34. The number of benzene rings is 1. The van der Waals surface area contributed by atoms with E-state index in [0.29, 0.717) is 12.0 Å². The van der Waals surface area contributed by atoms with Crippen LogP contribution in [0.1, 0.15) is 30.2 Å².